The normalized spacial score (nSPS) is 16.7. The number of phenols is 1. The van der Waals surface area contributed by atoms with E-state index in [0.29, 0.717) is 11.6 Å². The van der Waals surface area contributed by atoms with Crippen LogP contribution in [-0.2, 0) is 0 Å². The Kier molecular flexibility index (Phi) is 3.28. The van der Waals surface area contributed by atoms with Crippen LogP contribution in [0.1, 0.15) is 32.1 Å². The summed E-state index contributed by atoms with van der Waals surface area (Å²) < 4.78 is 0. The Bertz CT molecular complexity index is 576. The van der Waals surface area contributed by atoms with Crippen LogP contribution in [0.25, 0.3) is 10.9 Å². The highest BCUT2D eigenvalue weighted by Crippen LogP contribution is 2.28. The molecule has 0 amide bonds. The maximum atomic E-state index is 9.91. The third-order valence-electron chi connectivity index (χ3n) is 4.17. The molecule has 1 fully saturated rings. The fourth-order valence-electron chi connectivity index (χ4n) is 2.97. The molecule has 1 aromatic carbocycles. The minimum atomic E-state index is 0.261. The average molecular weight is 256 g/mol. The van der Waals surface area contributed by atoms with Crippen molar-refractivity contribution in [2.45, 2.75) is 38.1 Å². The molecule has 1 aliphatic rings. The van der Waals surface area contributed by atoms with Gasteiger partial charge in [-0.25, -0.2) is 4.98 Å². The lowest BCUT2D eigenvalue weighted by atomic mass is 9.94. The summed E-state index contributed by atoms with van der Waals surface area (Å²) in [5.41, 5.74) is 0.697. The van der Waals surface area contributed by atoms with Gasteiger partial charge in [-0.05, 0) is 31.0 Å². The zero-order valence-electron chi connectivity index (χ0n) is 11.3. The van der Waals surface area contributed by atoms with Crippen LogP contribution in [0.2, 0.25) is 0 Å². The molecule has 0 aliphatic heterocycles. The van der Waals surface area contributed by atoms with Gasteiger partial charge in [0.05, 0.1) is 0 Å². The topological polar surface area (TPSA) is 36.4 Å². The largest absolute Gasteiger partial charge is 0.506 e. The van der Waals surface area contributed by atoms with E-state index in [0.717, 1.165) is 11.2 Å². The van der Waals surface area contributed by atoms with Gasteiger partial charge in [-0.3, -0.25) is 0 Å². The molecule has 3 heteroatoms. The fraction of sp³-hybridized carbons (Fsp3) is 0.438. The molecule has 100 valence electrons. The van der Waals surface area contributed by atoms with Gasteiger partial charge in [0, 0.05) is 18.5 Å². The van der Waals surface area contributed by atoms with Crippen molar-refractivity contribution in [3.63, 3.8) is 0 Å². The molecule has 0 unspecified atom stereocenters. The Hall–Kier alpha value is -1.77. The Labute approximate surface area is 113 Å². The Morgan fingerprint density at radius 2 is 1.89 bits per heavy atom. The highest BCUT2D eigenvalue weighted by atomic mass is 16.3. The number of nitrogens with zero attached hydrogens (tertiary/aromatic N) is 2. The van der Waals surface area contributed by atoms with Gasteiger partial charge >= 0.3 is 0 Å². The number of fused-ring (bicyclic) bond motifs is 1. The molecule has 3 rings (SSSR count). The molecule has 0 radical (unpaired) electrons. The number of anilines is 1. The van der Waals surface area contributed by atoms with Gasteiger partial charge in [0.25, 0.3) is 0 Å². The minimum Gasteiger partial charge on any atom is -0.506 e. The SMILES string of the molecule is CN(c1ccc2cccc(O)c2n1)C1CCCCC1. The highest BCUT2D eigenvalue weighted by Gasteiger charge is 2.19. The van der Waals surface area contributed by atoms with Crippen molar-refractivity contribution in [3.8, 4) is 5.75 Å². The smallest absolute Gasteiger partial charge is 0.141 e. The maximum Gasteiger partial charge on any atom is 0.141 e. The molecule has 1 aromatic heterocycles. The summed E-state index contributed by atoms with van der Waals surface area (Å²) in [7, 11) is 2.12. The number of phenolic OH excluding ortho intramolecular Hbond substituents is 1. The molecular weight excluding hydrogens is 236 g/mol. The maximum absolute atomic E-state index is 9.91. The molecule has 1 aliphatic carbocycles. The summed E-state index contributed by atoms with van der Waals surface area (Å²) in [5.74, 6) is 1.22. The van der Waals surface area contributed by atoms with Crippen LogP contribution in [0, 0.1) is 0 Å². The standard InChI is InChI=1S/C16H20N2O/c1-18(13-7-3-2-4-8-13)15-11-10-12-6-5-9-14(19)16(12)17-15/h5-6,9-11,13,19H,2-4,7-8H2,1H3. The first kappa shape index (κ1) is 12.3. The predicted octanol–water partition coefficient (Wildman–Crippen LogP) is 3.71. The molecule has 0 atom stereocenters. The molecule has 0 saturated heterocycles. The summed E-state index contributed by atoms with van der Waals surface area (Å²) in [6, 6.07) is 10.2. The lowest BCUT2D eigenvalue weighted by Crippen LogP contribution is -2.33. The van der Waals surface area contributed by atoms with Gasteiger partial charge in [0.1, 0.15) is 17.1 Å². The predicted molar refractivity (Wildman–Crippen MR) is 78.7 cm³/mol. The quantitative estimate of drug-likeness (QED) is 0.889. The summed E-state index contributed by atoms with van der Waals surface area (Å²) in [4.78, 5) is 6.89. The number of para-hydroxylation sites is 1. The third-order valence-corrected chi connectivity index (χ3v) is 4.17. The molecule has 19 heavy (non-hydrogen) atoms. The molecular formula is C16H20N2O. The van der Waals surface area contributed by atoms with Crippen LogP contribution < -0.4 is 4.90 Å². The fourth-order valence-corrected chi connectivity index (χ4v) is 2.97. The van der Waals surface area contributed by atoms with Crippen molar-refractivity contribution in [1.82, 2.24) is 4.98 Å². The number of rotatable bonds is 2. The lowest BCUT2D eigenvalue weighted by Gasteiger charge is -2.32. The van der Waals surface area contributed by atoms with Gasteiger partial charge < -0.3 is 10.0 Å². The second-order valence-electron chi connectivity index (χ2n) is 5.42. The van der Waals surface area contributed by atoms with Gasteiger partial charge in [-0.1, -0.05) is 31.4 Å². The molecule has 1 heterocycles. The minimum absolute atomic E-state index is 0.261. The van der Waals surface area contributed by atoms with E-state index in [9.17, 15) is 5.11 Å². The molecule has 1 N–H and O–H groups in total. The van der Waals surface area contributed by atoms with Crippen molar-refractivity contribution < 1.29 is 5.11 Å². The monoisotopic (exact) mass is 256 g/mol. The van der Waals surface area contributed by atoms with Crippen LogP contribution in [-0.4, -0.2) is 23.2 Å². The van der Waals surface area contributed by atoms with E-state index in [-0.39, 0.29) is 5.75 Å². The molecule has 2 aromatic rings. The number of hydrogen-bond acceptors (Lipinski definition) is 3. The number of aromatic nitrogens is 1. The van der Waals surface area contributed by atoms with Gasteiger partial charge in [0.15, 0.2) is 0 Å². The van der Waals surface area contributed by atoms with Crippen molar-refractivity contribution in [1.29, 1.82) is 0 Å². The highest BCUT2D eigenvalue weighted by molar-refractivity contribution is 5.85. The van der Waals surface area contributed by atoms with Crippen LogP contribution in [0.4, 0.5) is 5.82 Å². The summed E-state index contributed by atoms with van der Waals surface area (Å²) in [6.07, 6.45) is 6.48. The van der Waals surface area contributed by atoms with Crippen LogP contribution >= 0.6 is 0 Å². The van der Waals surface area contributed by atoms with Crippen LogP contribution in [0.3, 0.4) is 0 Å². The average Bonchev–Trinajstić information content (AvgIpc) is 2.47. The first-order valence-corrected chi connectivity index (χ1v) is 7.07. The van der Waals surface area contributed by atoms with Gasteiger partial charge in [-0.2, -0.15) is 0 Å². The number of aromatic hydroxyl groups is 1. The Balaban J connectivity index is 1.93. The van der Waals surface area contributed by atoms with Crippen molar-refractivity contribution in [2.75, 3.05) is 11.9 Å². The molecule has 1 saturated carbocycles. The van der Waals surface area contributed by atoms with Crippen LogP contribution in [0.5, 0.6) is 5.75 Å². The number of pyridine rings is 1. The zero-order chi connectivity index (χ0) is 13.2. The summed E-state index contributed by atoms with van der Waals surface area (Å²) >= 11 is 0. The summed E-state index contributed by atoms with van der Waals surface area (Å²) in [6.45, 7) is 0. The third kappa shape index (κ3) is 2.37. The van der Waals surface area contributed by atoms with E-state index >= 15 is 0 Å². The molecule has 0 spiro atoms. The van der Waals surface area contributed by atoms with E-state index in [1.165, 1.54) is 32.1 Å². The molecule has 3 nitrogen and oxygen atoms in total. The van der Waals surface area contributed by atoms with Gasteiger partial charge in [-0.15, -0.1) is 0 Å². The van der Waals surface area contributed by atoms with E-state index in [4.69, 9.17) is 0 Å². The zero-order valence-corrected chi connectivity index (χ0v) is 11.3. The van der Waals surface area contributed by atoms with E-state index < -0.39 is 0 Å². The summed E-state index contributed by atoms with van der Waals surface area (Å²) in [5, 5.41) is 10.9. The second kappa shape index (κ2) is 5.08. The van der Waals surface area contributed by atoms with E-state index in [2.05, 4.69) is 23.0 Å². The lowest BCUT2D eigenvalue weighted by molar-refractivity contribution is 0.426. The molecule has 0 bridgehead atoms. The van der Waals surface area contributed by atoms with E-state index in [1.807, 2.05) is 18.2 Å². The number of hydrogen-bond donors (Lipinski definition) is 1. The number of benzene rings is 1. The Morgan fingerprint density at radius 1 is 1.11 bits per heavy atom. The van der Waals surface area contributed by atoms with Crippen molar-refractivity contribution in [2.24, 2.45) is 0 Å². The van der Waals surface area contributed by atoms with E-state index in [1.54, 1.807) is 6.07 Å². The Morgan fingerprint density at radius 3 is 2.68 bits per heavy atom. The first-order valence-electron chi connectivity index (χ1n) is 7.07. The van der Waals surface area contributed by atoms with Crippen molar-refractivity contribution >= 4 is 16.7 Å². The van der Waals surface area contributed by atoms with Crippen LogP contribution in [0.15, 0.2) is 30.3 Å². The second-order valence-corrected chi connectivity index (χ2v) is 5.42. The first-order chi connectivity index (χ1) is 9.25. The van der Waals surface area contributed by atoms with Crippen molar-refractivity contribution in [3.05, 3.63) is 30.3 Å². The van der Waals surface area contributed by atoms with Gasteiger partial charge in [0.2, 0.25) is 0 Å².